The van der Waals surface area contributed by atoms with E-state index in [4.69, 9.17) is 9.84 Å². The van der Waals surface area contributed by atoms with Crippen LogP contribution < -0.4 is 16.0 Å². The number of urea groups is 1. The van der Waals surface area contributed by atoms with Crippen LogP contribution in [0.25, 0.3) is 0 Å². The summed E-state index contributed by atoms with van der Waals surface area (Å²) < 4.78 is 4.74. The molecule has 1 rings (SSSR count). The number of piperazine rings is 1. The first kappa shape index (κ1) is 16.2. The zero-order valence-electron chi connectivity index (χ0n) is 11.2. The molecule has 4 N–H and O–H groups in total. The second-order valence-electron chi connectivity index (χ2n) is 4.19. The summed E-state index contributed by atoms with van der Waals surface area (Å²) in [6.45, 7) is 2.65. The number of carboxylic acids is 1. The lowest BCUT2D eigenvalue weighted by Crippen LogP contribution is -2.50. The topological polar surface area (TPSA) is 120 Å². The molecule has 0 aromatic rings. The molecule has 0 bridgehead atoms. The van der Waals surface area contributed by atoms with Gasteiger partial charge < -0.3 is 30.7 Å². The third-order valence-electron chi connectivity index (χ3n) is 2.63. The Kier molecular flexibility index (Phi) is 7.36. The summed E-state index contributed by atoms with van der Waals surface area (Å²) in [5.74, 6) is -1.18. The molecule has 0 radical (unpaired) electrons. The number of rotatable bonds is 7. The third kappa shape index (κ3) is 6.90. The fourth-order valence-electron chi connectivity index (χ4n) is 1.64. The lowest BCUT2D eigenvalue weighted by Gasteiger charge is -2.27. The number of nitrogens with zero attached hydrogens (tertiary/aromatic N) is 1. The number of ether oxygens (including phenoxy) is 1. The van der Waals surface area contributed by atoms with E-state index in [1.54, 1.807) is 4.90 Å². The van der Waals surface area contributed by atoms with E-state index in [1.807, 2.05) is 0 Å². The Morgan fingerprint density at radius 2 is 1.90 bits per heavy atom. The van der Waals surface area contributed by atoms with E-state index < -0.39 is 18.6 Å². The zero-order valence-corrected chi connectivity index (χ0v) is 11.2. The Morgan fingerprint density at radius 3 is 2.55 bits per heavy atom. The molecular formula is C11H20N4O5. The van der Waals surface area contributed by atoms with Crippen molar-refractivity contribution < 1.29 is 24.2 Å². The molecule has 0 spiro atoms. The van der Waals surface area contributed by atoms with Gasteiger partial charge in [-0.2, -0.15) is 0 Å². The molecule has 9 nitrogen and oxygen atoms in total. The average molecular weight is 288 g/mol. The van der Waals surface area contributed by atoms with E-state index >= 15 is 0 Å². The number of hydrogen-bond acceptors (Lipinski definition) is 5. The van der Waals surface area contributed by atoms with Crippen LogP contribution in [0.3, 0.4) is 0 Å². The first-order valence-corrected chi connectivity index (χ1v) is 6.39. The minimum absolute atomic E-state index is 0.0538. The second-order valence-corrected chi connectivity index (χ2v) is 4.19. The summed E-state index contributed by atoms with van der Waals surface area (Å²) in [6, 6.07) is -0.479. The highest BCUT2D eigenvalue weighted by atomic mass is 16.5. The lowest BCUT2D eigenvalue weighted by molar-refractivity contribution is -0.142. The van der Waals surface area contributed by atoms with Crippen molar-refractivity contribution in [2.24, 2.45) is 0 Å². The van der Waals surface area contributed by atoms with Crippen molar-refractivity contribution in [1.82, 2.24) is 20.9 Å². The highest BCUT2D eigenvalue weighted by Gasteiger charge is 2.16. The summed E-state index contributed by atoms with van der Waals surface area (Å²) in [6.07, 6.45) is 0. The van der Waals surface area contributed by atoms with Gasteiger partial charge in [0.2, 0.25) is 5.91 Å². The van der Waals surface area contributed by atoms with Crippen LogP contribution in [0.2, 0.25) is 0 Å². The van der Waals surface area contributed by atoms with Crippen molar-refractivity contribution in [3.63, 3.8) is 0 Å². The Hall–Kier alpha value is -1.87. The van der Waals surface area contributed by atoms with E-state index in [-0.39, 0.29) is 25.6 Å². The van der Waals surface area contributed by atoms with Gasteiger partial charge in [0.05, 0.1) is 13.2 Å². The number of nitrogens with one attached hydrogen (secondary N) is 3. The van der Waals surface area contributed by atoms with Gasteiger partial charge in [-0.15, -0.1) is 0 Å². The summed E-state index contributed by atoms with van der Waals surface area (Å²) in [4.78, 5) is 34.9. The molecule has 0 aromatic carbocycles. The number of carboxylic acid groups (broad SMARTS) is 1. The van der Waals surface area contributed by atoms with Gasteiger partial charge in [-0.3, -0.25) is 4.79 Å². The fourth-order valence-corrected chi connectivity index (χ4v) is 1.64. The Bertz CT molecular complexity index is 344. The van der Waals surface area contributed by atoms with E-state index in [0.29, 0.717) is 13.1 Å². The fraction of sp³-hybridized carbons (Fsp3) is 0.727. The molecular weight excluding hydrogens is 268 g/mol. The van der Waals surface area contributed by atoms with Gasteiger partial charge in [-0.25, -0.2) is 9.59 Å². The Balaban J connectivity index is 2.04. The Labute approximate surface area is 116 Å². The molecule has 1 aliphatic heterocycles. The summed E-state index contributed by atoms with van der Waals surface area (Å²) in [5, 5.41) is 16.4. The van der Waals surface area contributed by atoms with Crippen LogP contribution >= 0.6 is 0 Å². The molecule has 1 heterocycles. The second kappa shape index (κ2) is 9.10. The smallest absolute Gasteiger partial charge is 0.329 e. The number of carbonyl (C=O) groups is 3. The van der Waals surface area contributed by atoms with E-state index in [1.165, 1.54) is 0 Å². The number of amides is 3. The highest BCUT2D eigenvalue weighted by Crippen LogP contribution is 1.92. The van der Waals surface area contributed by atoms with Gasteiger partial charge in [0.15, 0.2) is 0 Å². The van der Waals surface area contributed by atoms with Gasteiger partial charge in [-0.05, 0) is 0 Å². The number of hydrogen-bond donors (Lipinski definition) is 4. The van der Waals surface area contributed by atoms with E-state index in [2.05, 4.69) is 16.0 Å². The molecule has 1 saturated heterocycles. The summed E-state index contributed by atoms with van der Waals surface area (Å²) in [5.41, 5.74) is 0. The van der Waals surface area contributed by atoms with Gasteiger partial charge in [0, 0.05) is 32.7 Å². The average Bonchev–Trinajstić information content (AvgIpc) is 2.45. The molecule has 0 aliphatic carbocycles. The van der Waals surface area contributed by atoms with Gasteiger partial charge in [0.1, 0.15) is 6.61 Å². The predicted octanol–water partition coefficient (Wildman–Crippen LogP) is -2.18. The predicted molar refractivity (Wildman–Crippen MR) is 69.3 cm³/mol. The van der Waals surface area contributed by atoms with E-state index in [9.17, 15) is 14.4 Å². The van der Waals surface area contributed by atoms with Crippen LogP contribution in [0.1, 0.15) is 0 Å². The van der Waals surface area contributed by atoms with Crippen LogP contribution in [0.4, 0.5) is 4.79 Å². The molecule has 20 heavy (non-hydrogen) atoms. The van der Waals surface area contributed by atoms with Crippen molar-refractivity contribution in [1.29, 1.82) is 0 Å². The largest absolute Gasteiger partial charge is 0.480 e. The van der Waals surface area contributed by atoms with Crippen molar-refractivity contribution in [3.05, 3.63) is 0 Å². The van der Waals surface area contributed by atoms with Crippen LogP contribution in [-0.2, 0) is 14.3 Å². The molecule has 3 amide bonds. The van der Waals surface area contributed by atoms with Crippen LogP contribution in [0, 0.1) is 0 Å². The standard InChI is InChI=1S/C11H20N4O5/c16-9(15-4-1-12-2-5-15)7-14-11(19)13-3-6-20-8-10(17)18/h12H,1-8H2,(H,17,18)(H2,13,14,19). The van der Waals surface area contributed by atoms with Crippen molar-refractivity contribution in [2.45, 2.75) is 0 Å². The maximum absolute atomic E-state index is 11.7. The molecule has 1 aliphatic rings. The first-order valence-electron chi connectivity index (χ1n) is 6.39. The molecule has 9 heteroatoms. The quantitative estimate of drug-likeness (QED) is 0.395. The van der Waals surface area contributed by atoms with Crippen molar-refractivity contribution >= 4 is 17.9 Å². The minimum Gasteiger partial charge on any atom is -0.480 e. The lowest BCUT2D eigenvalue weighted by atomic mass is 10.3. The van der Waals surface area contributed by atoms with Crippen molar-refractivity contribution in [2.75, 3.05) is 52.5 Å². The molecule has 0 atom stereocenters. The van der Waals surface area contributed by atoms with Gasteiger partial charge >= 0.3 is 12.0 Å². The normalized spacial score (nSPS) is 14.7. The number of carbonyl (C=O) groups excluding carboxylic acids is 2. The number of aliphatic carboxylic acids is 1. The van der Waals surface area contributed by atoms with Gasteiger partial charge in [0.25, 0.3) is 0 Å². The first-order chi connectivity index (χ1) is 9.59. The highest BCUT2D eigenvalue weighted by molar-refractivity contribution is 5.84. The van der Waals surface area contributed by atoms with Gasteiger partial charge in [-0.1, -0.05) is 0 Å². The van der Waals surface area contributed by atoms with Crippen molar-refractivity contribution in [3.8, 4) is 0 Å². The molecule has 0 aromatic heterocycles. The summed E-state index contributed by atoms with van der Waals surface area (Å²) in [7, 11) is 0. The monoisotopic (exact) mass is 288 g/mol. The Morgan fingerprint density at radius 1 is 1.20 bits per heavy atom. The molecule has 0 unspecified atom stereocenters. The third-order valence-corrected chi connectivity index (χ3v) is 2.63. The zero-order chi connectivity index (χ0) is 14.8. The van der Waals surface area contributed by atoms with Crippen LogP contribution in [0.5, 0.6) is 0 Å². The molecule has 1 fully saturated rings. The van der Waals surface area contributed by atoms with E-state index in [0.717, 1.165) is 13.1 Å². The summed E-state index contributed by atoms with van der Waals surface area (Å²) >= 11 is 0. The maximum atomic E-state index is 11.7. The van der Waals surface area contributed by atoms with Crippen LogP contribution in [0.15, 0.2) is 0 Å². The molecule has 114 valence electrons. The maximum Gasteiger partial charge on any atom is 0.329 e. The SMILES string of the molecule is O=C(O)COCCNC(=O)NCC(=O)N1CCNCC1. The minimum atomic E-state index is -1.06. The molecule has 0 saturated carbocycles. The van der Waals surface area contributed by atoms with Crippen LogP contribution in [-0.4, -0.2) is 80.4 Å².